The Morgan fingerprint density at radius 2 is 2.00 bits per heavy atom. The largest absolute Gasteiger partial charge is 0.391 e. The molecule has 1 atom stereocenters. The van der Waals surface area contributed by atoms with Gasteiger partial charge in [0.25, 0.3) is 0 Å². The van der Waals surface area contributed by atoms with Gasteiger partial charge in [0.15, 0.2) is 0 Å². The average Bonchev–Trinajstić information content (AvgIpc) is 2.21. The van der Waals surface area contributed by atoms with Crippen LogP contribution in [0.5, 0.6) is 0 Å². The number of nitrogens with two attached hydrogens (primary N) is 1. The predicted molar refractivity (Wildman–Crippen MR) is 64.1 cm³/mol. The third-order valence-electron chi connectivity index (χ3n) is 1.87. The van der Waals surface area contributed by atoms with E-state index in [4.69, 9.17) is 32.2 Å². The fraction of sp³-hybridized carbons (Fsp3) is 0.900. The molecule has 0 aromatic carbocycles. The summed E-state index contributed by atoms with van der Waals surface area (Å²) in [5, 5.41) is 0. The second-order valence-corrected chi connectivity index (χ2v) is 3.60. The van der Waals surface area contributed by atoms with E-state index in [0.717, 1.165) is 12.8 Å². The number of ether oxygens (including phenoxy) is 3. The van der Waals surface area contributed by atoms with Crippen LogP contribution >= 0.6 is 12.2 Å². The Bertz CT molecular complexity index is 167. The summed E-state index contributed by atoms with van der Waals surface area (Å²) in [6.45, 7) is 4.56. The van der Waals surface area contributed by atoms with E-state index < -0.39 is 0 Å². The summed E-state index contributed by atoms with van der Waals surface area (Å²) in [4.78, 5) is 0.429. The van der Waals surface area contributed by atoms with E-state index in [1.54, 1.807) is 7.11 Å². The third kappa shape index (κ3) is 8.74. The Morgan fingerprint density at radius 3 is 2.53 bits per heavy atom. The first-order valence-corrected chi connectivity index (χ1v) is 5.60. The van der Waals surface area contributed by atoms with Crippen molar-refractivity contribution in [3.05, 3.63) is 0 Å². The van der Waals surface area contributed by atoms with Crippen LogP contribution in [-0.4, -0.2) is 44.6 Å². The summed E-state index contributed by atoms with van der Waals surface area (Å²) in [6, 6.07) is 0. The summed E-state index contributed by atoms with van der Waals surface area (Å²) in [7, 11) is 1.65. The first-order valence-electron chi connectivity index (χ1n) is 5.20. The van der Waals surface area contributed by atoms with Crippen LogP contribution in [0.15, 0.2) is 0 Å². The Morgan fingerprint density at radius 1 is 1.27 bits per heavy atom. The minimum atomic E-state index is -0.0982. The van der Waals surface area contributed by atoms with Crippen molar-refractivity contribution in [2.75, 3.05) is 33.5 Å². The molecule has 0 saturated heterocycles. The maximum absolute atomic E-state index is 5.49. The lowest BCUT2D eigenvalue weighted by Crippen LogP contribution is -2.29. The van der Waals surface area contributed by atoms with E-state index in [1.807, 2.05) is 6.92 Å². The van der Waals surface area contributed by atoms with Crippen LogP contribution in [0, 0.1) is 0 Å². The molecule has 0 bridgehead atoms. The van der Waals surface area contributed by atoms with E-state index in [0.29, 0.717) is 31.4 Å². The molecule has 0 aliphatic heterocycles. The van der Waals surface area contributed by atoms with Gasteiger partial charge in [-0.2, -0.15) is 0 Å². The van der Waals surface area contributed by atoms with Gasteiger partial charge < -0.3 is 19.9 Å². The van der Waals surface area contributed by atoms with Crippen molar-refractivity contribution < 1.29 is 14.2 Å². The van der Waals surface area contributed by atoms with E-state index in [1.165, 1.54) is 0 Å². The van der Waals surface area contributed by atoms with Crippen molar-refractivity contribution in [2.24, 2.45) is 5.73 Å². The Balaban J connectivity index is 3.25. The molecule has 0 saturated carbocycles. The van der Waals surface area contributed by atoms with Gasteiger partial charge >= 0.3 is 0 Å². The molecule has 0 aliphatic rings. The summed E-state index contributed by atoms with van der Waals surface area (Å²) in [6.07, 6.45) is 1.57. The highest BCUT2D eigenvalue weighted by atomic mass is 32.1. The van der Waals surface area contributed by atoms with Gasteiger partial charge in [-0.3, -0.25) is 0 Å². The second kappa shape index (κ2) is 10.3. The Labute approximate surface area is 97.1 Å². The maximum atomic E-state index is 5.49. The van der Waals surface area contributed by atoms with E-state index in [-0.39, 0.29) is 6.10 Å². The van der Waals surface area contributed by atoms with Crippen molar-refractivity contribution in [3.8, 4) is 0 Å². The molecule has 2 N–H and O–H groups in total. The predicted octanol–water partition coefficient (Wildman–Crippen LogP) is 1.12. The zero-order valence-corrected chi connectivity index (χ0v) is 10.3. The normalized spacial score (nSPS) is 12.7. The lowest BCUT2D eigenvalue weighted by Gasteiger charge is -2.14. The van der Waals surface area contributed by atoms with Crippen LogP contribution in [-0.2, 0) is 14.2 Å². The fourth-order valence-corrected chi connectivity index (χ4v) is 1.27. The second-order valence-electron chi connectivity index (χ2n) is 3.13. The fourth-order valence-electron chi connectivity index (χ4n) is 1.03. The van der Waals surface area contributed by atoms with Crippen LogP contribution in [0.3, 0.4) is 0 Å². The molecule has 0 aliphatic carbocycles. The number of hydrogen-bond donors (Lipinski definition) is 1. The van der Waals surface area contributed by atoms with Gasteiger partial charge in [-0.25, -0.2) is 0 Å². The van der Waals surface area contributed by atoms with Crippen molar-refractivity contribution in [1.29, 1.82) is 0 Å². The molecule has 90 valence electrons. The summed E-state index contributed by atoms with van der Waals surface area (Å²) in [5.41, 5.74) is 5.49. The highest BCUT2D eigenvalue weighted by molar-refractivity contribution is 7.80. The summed E-state index contributed by atoms with van der Waals surface area (Å²) in [5.74, 6) is 0. The van der Waals surface area contributed by atoms with Gasteiger partial charge in [0.2, 0.25) is 0 Å². The summed E-state index contributed by atoms with van der Waals surface area (Å²) < 4.78 is 15.6. The number of thiocarbonyl (C=S) groups is 1. The monoisotopic (exact) mass is 235 g/mol. The number of rotatable bonds is 10. The molecule has 0 aromatic rings. The molecule has 4 nitrogen and oxygen atoms in total. The first-order chi connectivity index (χ1) is 7.22. The van der Waals surface area contributed by atoms with Crippen molar-refractivity contribution >= 4 is 17.2 Å². The lowest BCUT2D eigenvalue weighted by molar-refractivity contribution is 0.0423. The van der Waals surface area contributed by atoms with Crippen LogP contribution in [0.25, 0.3) is 0 Å². The van der Waals surface area contributed by atoms with E-state index in [2.05, 4.69) is 0 Å². The Kier molecular flexibility index (Phi) is 10.1. The molecule has 5 heteroatoms. The molecule has 1 unspecified atom stereocenters. The third-order valence-corrected chi connectivity index (χ3v) is 2.13. The van der Waals surface area contributed by atoms with E-state index >= 15 is 0 Å². The highest BCUT2D eigenvalue weighted by Gasteiger charge is 2.08. The molecular weight excluding hydrogens is 214 g/mol. The average molecular weight is 235 g/mol. The van der Waals surface area contributed by atoms with Gasteiger partial charge in [0.05, 0.1) is 13.2 Å². The van der Waals surface area contributed by atoms with Crippen molar-refractivity contribution in [3.63, 3.8) is 0 Å². The Hall–Kier alpha value is -0.230. The molecule has 0 fully saturated rings. The maximum Gasteiger partial charge on any atom is 0.107 e. The quantitative estimate of drug-likeness (QED) is 0.454. The first kappa shape index (κ1) is 14.8. The number of hydrogen-bond acceptors (Lipinski definition) is 4. The van der Waals surface area contributed by atoms with Crippen LogP contribution in [0.2, 0.25) is 0 Å². The summed E-state index contributed by atoms with van der Waals surface area (Å²) >= 11 is 4.86. The number of methoxy groups -OCH3 is 1. The molecule has 0 aromatic heterocycles. The lowest BCUT2D eigenvalue weighted by atomic mass is 10.3. The van der Waals surface area contributed by atoms with Crippen molar-refractivity contribution in [1.82, 2.24) is 0 Å². The molecule has 0 amide bonds. The SMILES string of the molecule is CCC(OCCCOCCOC)C(N)=S. The van der Waals surface area contributed by atoms with Gasteiger partial charge in [-0.05, 0) is 12.8 Å². The van der Waals surface area contributed by atoms with Gasteiger partial charge in [-0.1, -0.05) is 19.1 Å². The topological polar surface area (TPSA) is 53.7 Å². The van der Waals surface area contributed by atoms with E-state index in [9.17, 15) is 0 Å². The zero-order valence-electron chi connectivity index (χ0n) is 9.53. The van der Waals surface area contributed by atoms with Gasteiger partial charge in [-0.15, -0.1) is 0 Å². The van der Waals surface area contributed by atoms with Crippen LogP contribution < -0.4 is 5.73 Å². The van der Waals surface area contributed by atoms with Crippen molar-refractivity contribution in [2.45, 2.75) is 25.9 Å². The van der Waals surface area contributed by atoms with Crippen LogP contribution in [0.4, 0.5) is 0 Å². The molecular formula is C10H21NO3S. The van der Waals surface area contributed by atoms with Crippen LogP contribution in [0.1, 0.15) is 19.8 Å². The molecule has 15 heavy (non-hydrogen) atoms. The highest BCUT2D eigenvalue weighted by Crippen LogP contribution is 1.99. The molecule has 0 radical (unpaired) electrons. The smallest absolute Gasteiger partial charge is 0.107 e. The van der Waals surface area contributed by atoms with Gasteiger partial charge in [0.1, 0.15) is 11.1 Å². The molecule has 0 spiro atoms. The molecule has 0 rings (SSSR count). The molecule has 0 heterocycles. The minimum absolute atomic E-state index is 0.0982. The zero-order chi connectivity index (χ0) is 11.5. The van der Waals surface area contributed by atoms with Gasteiger partial charge in [0, 0.05) is 20.3 Å². The standard InChI is InChI=1S/C10H21NO3S/c1-3-9(10(11)15)14-6-4-5-13-8-7-12-2/h9H,3-8H2,1-2H3,(H2,11,15). The minimum Gasteiger partial charge on any atom is -0.391 e.